The van der Waals surface area contributed by atoms with Crippen LogP contribution in [-0.2, 0) is 4.74 Å². The van der Waals surface area contributed by atoms with Gasteiger partial charge >= 0.3 is 0 Å². The zero-order chi connectivity index (χ0) is 12.7. The fraction of sp³-hybridized carbons (Fsp3) is 1.00. The van der Waals surface area contributed by atoms with Crippen LogP contribution < -0.4 is 5.32 Å². The molecule has 1 aliphatic heterocycles. The lowest BCUT2D eigenvalue weighted by atomic mass is 10.0. The van der Waals surface area contributed by atoms with Crippen LogP contribution in [0.25, 0.3) is 0 Å². The minimum atomic E-state index is 0.584. The minimum absolute atomic E-state index is 0.584. The molecule has 0 bridgehead atoms. The molecule has 0 aromatic heterocycles. The van der Waals surface area contributed by atoms with E-state index >= 15 is 0 Å². The van der Waals surface area contributed by atoms with Gasteiger partial charge in [-0.2, -0.15) is 0 Å². The first-order valence-corrected chi connectivity index (χ1v) is 7.20. The summed E-state index contributed by atoms with van der Waals surface area (Å²) in [6, 6.07) is 1.23. The number of hydrogen-bond acceptors (Lipinski definition) is 3. The summed E-state index contributed by atoms with van der Waals surface area (Å²) < 4.78 is 5.65. The highest BCUT2D eigenvalue weighted by Gasteiger charge is 2.23. The molecule has 0 aromatic rings. The molecule has 0 radical (unpaired) electrons. The molecule has 1 saturated heterocycles. The van der Waals surface area contributed by atoms with Crippen molar-refractivity contribution in [2.75, 3.05) is 32.8 Å². The van der Waals surface area contributed by atoms with E-state index in [9.17, 15) is 0 Å². The van der Waals surface area contributed by atoms with Crippen LogP contribution in [0.5, 0.6) is 0 Å². The van der Waals surface area contributed by atoms with Crippen molar-refractivity contribution < 1.29 is 4.74 Å². The van der Waals surface area contributed by atoms with E-state index in [4.69, 9.17) is 4.74 Å². The van der Waals surface area contributed by atoms with Crippen LogP contribution in [0.1, 0.15) is 40.5 Å². The van der Waals surface area contributed by atoms with Crippen LogP contribution in [0.3, 0.4) is 0 Å². The summed E-state index contributed by atoms with van der Waals surface area (Å²) in [6.07, 6.45) is 2.50. The molecule has 0 aromatic carbocycles. The summed E-state index contributed by atoms with van der Waals surface area (Å²) in [7, 11) is 0. The van der Waals surface area contributed by atoms with Gasteiger partial charge in [0.05, 0.1) is 6.61 Å². The molecule has 2 unspecified atom stereocenters. The molecule has 17 heavy (non-hydrogen) atoms. The molecular weight excluding hydrogens is 212 g/mol. The van der Waals surface area contributed by atoms with Crippen molar-refractivity contribution in [1.29, 1.82) is 0 Å². The Morgan fingerprint density at radius 2 is 2.12 bits per heavy atom. The van der Waals surface area contributed by atoms with E-state index in [1.165, 1.54) is 25.9 Å². The fourth-order valence-corrected chi connectivity index (χ4v) is 2.49. The van der Waals surface area contributed by atoms with E-state index in [-0.39, 0.29) is 0 Å². The summed E-state index contributed by atoms with van der Waals surface area (Å²) in [6.45, 7) is 14.3. The quantitative estimate of drug-likeness (QED) is 0.799. The molecule has 0 aliphatic carbocycles. The van der Waals surface area contributed by atoms with E-state index < -0.39 is 0 Å². The Balaban J connectivity index is 2.51. The average Bonchev–Trinajstić information content (AvgIpc) is 2.27. The SMILES string of the molecule is CCOCC(C(C)C)N1CCCNC(C)CC1. The van der Waals surface area contributed by atoms with E-state index in [0.717, 1.165) is 19.8 Å². The molecular formula is C14H30N2O. The standard InChI is InChI=1S/C14H30N2O/c1-5-17-11-14(12(2)3)16-9-6-8-15-13(4)7-10-16/h12-15H,5-11H2,1-4H3. The van der Waals surface area contributed by atoms with Crippen molar-refractivity contribution in [3.8, 4) is 0 Å². The Morgan fingerprint density at radius 3 is 2.76 bits per heavy atom. The van der Waals surface area contributed by atoms with Gasteiger partial charge in [0.25, 0.3) is 0 Å². The second-order valence-corrected chi connectivity index (χ2v) is 5.50. The second-order valence-electron chi connectivity index (χ2n) is 5.50. The molecule has 1 N–H and O–H groups in total. The Labute approximate surface area is 107 Å². The van der Waals surface area contributed by atoms with Crippen molar-refractivity contribution in [3.63, 3.8) is 0 Å². The number of hydrogen-bond donors (Lipinski definition) is 1. The highest BCUT2D eigenvalue weighted by atomic mass is 16.5. The second kappa shape index (κ2) is 8.06. The van der Waals surface area contributed by atoms with Crippen LogP contribution >= 0.6 is 0 Å². The predicted octanol–water partition coefficient (Wildman–Crippen LogP) is 2.12. The van der Waals surface area contributed by atoms with Gasteiger partial charge < -0.3 is 10.1 Å². The maximum absolute atomic E-state index is 5.65. The zero-order valence-electron chi connectivity index (χ0n) is 12.0. The van der Waals surface area contributed by atoms with Crippen molar-refractivity contribution in [3.05, 3.63) is 0 Å². The highest BCUT2D eigenvalue weighted by molar-refractivity contribution is 4.78. The molecule has 1 rings (SSSR count). The van der Waals surface area contributed by atoms with Crippen LogP contribution in [0.15, 0.2) is 0 Å². The summed E-state index contributed by atoms with van der Waals surface area (Å²) in [4.78, 5) is 2.64. The van der Waals surface area contributed by atoms with Gasteiger partial charge in [0, 0.05) is 25.2 Å². The lowest BCUT2D eigenvalue weighted by Gasteiger charge is -2.36. The smallest absolute Gasteiger partial charge is 0.0624 e. The van der Waals surface area contributed by atoms with Crippen LogP contribution in [0.2, 0.25) is 0 Å². The van der Waals surface area contributed by atoms with E-state index in [1.54, 1.807) is 0 Å². The monoisotopic (exact) mass is 242 g/mol. The Hall–Kier alpha value is -0.120. The first kappa shape index (κ1) is 14.9. The van der Waals surface area contributed by atoms with Gasteiger partial charge in [-0.05, 0) is 45.7 Å². The molecule has 102 valence electrons. The average molecular weight is 242 g/mol. The van der Waals surface area contributed by atoms with Gasteiger partial charge in [0.15, 0.2) is 0 Å². The van der Waals surface area contributed by atoms with Gasteiger partial charge in [-0.3, -0.25) is 4.90 Å². The van der Waals surface area contributed by atoms with Gasteiger partial charge in [-0.1, -0.05) is 13.8 Å². The van der Waals surface area contributed by atoms with E-state index in [0.29, 0.717) is 18.0 Å². The molecule has 0 saturated carbocycles. The summed E-state index contributed by atoms with van der Waals surface area (Å²) in [5.74, 6) is 0.671. The summed E-state index contributed by atoms with van der Waals surface area (Å²) >= 11 is 0. The minimum Gasteiger partial charge on any atom is -0.380 e. The molecule has 1 aliphatic rings. The van der Waals surface area contributed by atoms with Gasteiger partial charge in [0.2, 0.25) is 0 Å². The summed E-state index contributed by atoms with van der Waals surface area (Å²) in [5, 5.41) is 3.56. The molecule has 1 heterocycles. The Bertz CT molecular complexity index is 197. The first-order valence-electron chi connectivity index (χ1n) is 7.20. The number of rotatable bonds is 5. The third kappa shape index (κ3) is 5.36. The van der Waals surface area contributed by atoms with Crippen molar-refractivity contribution >= 4 is 0 Å². The molecule has 0 amide bonds. The van der Waals surface area contributed by atoms with Crippen LogP contribution in [0.4, 0.5) is 0 Å². The topological polar surface area (TPSA) is 24.5 Å². The number of nitrogens with one attached hydrogen (secondary N) is 1. The maximum atomic E-state index is 5.65. The normalized spacial score (nSPS) is 25.6. The molecule has 0 spiro atoms. The van der Waals surface area contributed by atoms with Crippen molar-refractivity contribution in [2.45, 2.75) is 52.6 Å². The molecule has 2 atom stereocenters. The van der Waals surface area contributed by atoms with Crippen molar-refractivity contribution in [1.82, 2.24) is 10.2 Å². The van der Waals surface area contributed by atoms with Gasteiger partial charge in [0.1, 0.15) is 0 Å². The number of ether oxygens (including phenoxy) is 1. The maximum Gasteiger partial charge on any atom is 0.0624 e. The highest BCUT2D eigenvalue weighted by Crippen LogP contribution is 2.14. The van der Waals surface area contributed by atoms with Crippen molar-refractivity contribution in [2.24, 2.45) is 5.92 Å². The lowest BCUT2D eigenvalue weighted by molar-refractivity contribution is 0.0391. The largest absolute Gasteiger partial charge is 0.380 e. The Morgan fingerprint density at radius 1 is 1.35 bits per heavy atom. The number of nitrogens with zero attached hydrogens (tertiary/aromatic N) is 1. The lowest BCUT2D eigenvalue weighted by Crippen LogP contribution is -2.47. The first-order chi connectivity index (χ1) is 8.15. The van der Waals surface area contributed by atoms with Gasteiger partial charge in [-0.15, -0.1) is 0 Å². The van der Waals surface area contributed by atoms with E-state index in [2.05, 4.69) is 37.9 Å². The van der Waals surface area contributed by atoms with Gasteiger partial charge in [-0.25, -0.2) is 0 Å². The third-order valence-corrected chi connectivity index (χ3v) is 3.70. The molecule has 3 heteroatoms. The van der Waals surface area contributed by atoms with Crippen LogP contribution in [0, 0.1) is 5.92 Å². The predicted molar refractivity (Wildman–Crippen MR) is 73.4 cm³/mol. The fourth-order valence-electron chi connectivity index (χ4n) is 2.49. The zero-order valence-corrected chi connectivity index (χ0v) is 12.0. The molecule has 3 nitrogen and oxygen atoms in total. The Kier molecular flexibility index (Phi) is 7.09. The molecule has 1 fully saturated rings. The van der Waals surface area contributed by atoms with Crippen LogP contribution in [-0.4, -0.2) is 49.8 Å². The third-order valence-electron chi connectivity index (χ3n) is 3.70. The summed E-state index contributed by atoms with van der Waals surface area (Å²) in [5.41, 5.74) is 0. The van der Waals surface area contributed by atoms with E-state index in [1.807, 2.05) is 0 Å².